The SMILES string of the molecule is CC(O)c1ccc(N2CCN(S(C)(=O)=O)CC2)c(Br)c1. The van der Waals surface area contributed by atoms with E-state index >= 15 is 0 Å². The van der Waals surface area contributed by atoms with E-state index in [4.69, 9.17) is 0 Å². The van der Waals surface area contributed by atoms with Crippen LogP contribution in [0.1, 0.15) is 18.6 Å². The fraction of sp³-hybridized carbons (Fsp3) is 0.538. The van der Waals surface area contributed by atoms with Gasteiger partial charge in [0.15, 0.2) is 0 Å². The van der Waals surface area contributed by atoms with Crippen LogP contribution in [-0.2, 0) is 10.0 Å². The van der Waals surface area contributed by atoms with E-state index in [1.54, 1.807) is 6.92 Å². The van der Waals surface area contributed by atoms with Gasteiger partial charge in [0.2, 0.25) is 10.0 Å². The van der Waals surface area contributed by atoms with Gasteiger partial charge in [0.1, 0.15) is 0 Å². The second kappa shape index (κ2) is 6.01. The average molecular weight is 363 g/mol. The van der Waals surface area contributed by atoms with Crippen LogP contribution in [0.5, 0.6) is 0 Å². The summed E-state index contributed by atoms with van der Waals surface area (Å²) in [7, 11) is -3.10. The molecule has 0 bridgehead atoms. The molecule has 1 aromatic rings. The maximum absolute atomic E-state index is 11.5. The third-order valence-electron chi connectivity index (χ3n) is 3.50. The lowest BCUT2D eigenvalue weighted by Crippen LogP contribution is -2.48. The van der Waals surface area contributed by atoms with Gasteiger partial charge in [-0.15, -0.1) is 0 Å². The predicted octanol–water partition coefficient (Wildman–Crippen LogP) is 1.58. The van der Waals surface area contributed by atoms with Crippen LogP contribution >= 0.6 is 15.9 Å². The molecule has 0 aliphatic carbocycles. The van der Waals surface area contributed by atoms with Crippen LogP contribution in [0.25, 0.3) is 0 Å². The molecule has 0 radical (unpaired) electrons. The lowest BCUT2D eigenvalue weighted by atomic mass is 10.1. The molecule has 1 unspecified atom stereocenters. The Kier molecular flexibility index (Phi) is 4.73. The molecule has 7 heteroatoms. The van der Waals surface area contributed by atoms with Gasteiger partial charge in [-0.1, -0.05) is 6.07 Å². The molecule has 112 valence electrons. The Bertz CT molecular complexity index is 581. The molecular formula is C13H19BrN2O3S. The number of rotatable bonds is 3. The van der Waals surface area contributed by atoms with E-state index in [1.807, 2.05) is 18.2 Å². The Morgan fingerprint density at radius 3 is 2.30 bits per heavy atom. The van der Waals surface area contributed by atoms with E-state index in [0.717, 1.165) is 15.7 Å². The number of aliphatic hydroxyl groups excluding tert-OH is 1. The van der Waals surface area contributed by atoms with Gasteiger partial charge in [-0.05, 0) is 40.5 Å². The van der Waals surface area contributed by atoms with E-state index in [1.165, 1.54) is 10.6 Å². The van der Waals surface area contributed by atoms with E-state index in [-0.39, 0.29) is 0 Å². The van der Waals surface area contributed by atoms with Crippen LogP contribution in [0.15, 0.2) is 22.7 Å². The van der Waals surface area contributed by atoms with Crippen molar-refractivity contribution < 1.29 is 13.5 Å². The number of sulfonamides is 1. The Balaban J connectivity index is 2.11. The summed E-state index contributed by atoms with van der Waals surface area (Å²) in [5, 5.41) is 9.57. The van der Waals surface area contributed by atoms with E-state index < -0.39 is 16.1 Å². The maximum Gasteiger partial charge on any atom is 0.211 e. The molecule has 1 aliphatic rings. The molecular weight excluding hydrogens is 344 g/mol. The van der Waals surface area contributed by atoms with Crippen LogP contribution in [0.4, 0.5) is 5.69 Å². The third-order valence-corrected chi connectivity index (χ3v) is 5.44. The van der Waals surface area contributed by atoms with Gasteiger partial charge in [0, 0.05) is 30.7 Å². The minimum Gasteiger partial charge on any atom is -0.389 e. The largest absolute Gasteiger partial charge is 0.389 e. The topological polar surface area (TPSA) is 60.9 Å². The fourth-order valence-corrected chi connectivity index (χ4v) is 3.77. The molecule has 0 amide bonds. The average Bonchev–Trinajstić information content (AvgIpc) is 2.37. The highest BCUT2D eigenvalue weighted by atomic mass is 79.9. The van der Waals surface area contributed by atoms with E-state index in [0.29, 0.717) is 26.2 Å². The molecule has 0 aromatic heterocycles. The van der Waals surface area contributed by atoms with Crippen molar-refractivity contribution in [3.05, 3.63) is 28.2 Å². The summed E-state index contributed by atoms with van der Waals surface area (Å²) >= 11 is 3.52. The zero-order chi connectivity index (χ0) is 14.9. The summed E-state index contributed by atoms with van der Waals surface area (Å²) in [6, 6.07) is 5.76. The van der Waals surface area contributed by atoms with Crippen LogP contribution < -0.4 is 4.90 Å². The summed E-state index contributed by atoms with van der Waals surface area (Å²) in [5.41, 5.74) is 1.89. The highest BCUT2D eigenvalue weighted by Gasteiger charge is 2.24. The quantitative estimate of drug-likeness (QED) is 0.886. The zero-order valence-electron chi connectivity index (χ0n) is 11.6. The van der Waals surface area contributed by atoms with Crippen molar-refractivity contribution in [2.75, 3.05) is 37.3 Å². The van der Waals surface area contributed by atoms with Crippen molar-refractivity contribution in [3.8, 4) is 0 Å². The number of anilines is 1. The molecule has 1 fully saturated rings. The molecule has 1 N–H and O–H groups in total. The first kappa shape index (κ1) is 15.8. The lowest BCUT2D eigenvalue weighted by molar-refractivity contribution is 0.199. The van der Waals surface area contributed by atoms with Crippen molar-refractivity contribution in [1.29, 1.82) is 0 Å². The number of hydrogen-bond donors (Lipinski definition) is 1. The lowest BCUT2D eigenvalue weighted by Gasteiger charge is -2.35. The molecule has 1 aliphatic heterocycles. The molecule has 5 nitrogen and oxygen atoms in total. The highest BCUT2D eigenvalue weighted by Crippen LogP contribution is 2.30. The molecule has 1 saturated heterocycles. The van der Waals surface area contributed by atoms with Crippen LogP contribution in [-0.4, -0.2) is 50.3 Å². The first-order valence-electron chi connectivity index (χ1n) is 6.46. The summed E-state index contributed by atoms with van der Waals surface area (Å²) in [5.74, 6) is 0. The minimum absolute atomic E-state index is 0.498. The minimum atomic E-state index is -3.10. The first-order chi connectivity index (χ1) is 9.29. The summed E-state index contributed by atoms with van der Waals surface area (Å²) in [6.45, 7) is 4.07. The summed E-state index contributed by atoms with van der Waals surface area (Å²) < 4.78 is 25.4. The van der Waals surface area contributed by atoms with Crippen molar-refractivity contribution in [1.82, 2.24) is 4.31 Å². The maximum atomic E-state index is 11.5. The van der Waals surface area contributed by atoms with Crippen LogP contribution in [0.3, 0.4) is 0 Å². The fourth-order valence-electron chi connectivity index (χ4n) is 2.30. The summed E-state index contributed by atoms with van der Waals surface area (Å²) in [4.78, 5) is 2.15. The van der Waals surface area contributed by atoms with Gasteiger partial charge >= 0.3 is 0 Å². The van der Waals surface area contributed by atoms with Gasteiger partial charge < -0.3 is 10.0 Å². The van der Waals surface area contributed by atoms with Crippen molar-refractivity contribution in [3.63, 3.8) is 0 Å². The van der Waals surface area contributed by atoms with Gasteiger partial charge in [-0.3, -0.25) is 0 Å². The molecule has 1 atom stereocenters. The van der Waals surface area contributed by atoms with E-state index in [2.05, 4.69) is 20.8 Å². The number of hydrogen-bond acceptors (Lipinski definition) is 4. The van der Waals surface area contributed by atoms with Crippen molar-refractivity contribution in [2.24, 2.45) is 0 Å². The Morgan fingerprint density at radius 2 is 1.85 bits per heavy atom. The smallest absolute Gasteiger partial charge is 0.211 e. The number of halogens is 1. The molecule has 20 heavy (non-hydrogen) atoms. The van der Waals surface area contributed by atoms with Crippen LogP contribution in [0, 0.1) is 0 Å². The first-order valence-corrected chi connectivity index (χ1v) is 9.11. The van der Waals surface area contributed by atoms with E-state index in [9.17, 15) is 13.5 Å². The highest BCUT2D eigenvalue weighted by molar-refractivity contribution is 9.10. The standard InChI is InChI=1S/C13H19BrN2O3S/c1-10(17)11-3-4-13(12(14)9-11)15-5-7-16(8-6-15)20(2,18)19/h3-4,9-10,17H,5-8H2,1-2H3. The van der Waals surface area contributed by atoms with Gasteiger partial charge in [-0.2, -0.15) is 4.31 Å². The van der Waals surface area contributed by atoms with Crippen molar-refractivity contribution in [2.45, 2.75) is 13.0 Å². The number of aliphatic hydroxyl groups is 1. The van der Waals surface area contributed by atoms with Crippen LogP contribution in [0.2, 0.25) is 0 Å². The molecule has 0 saturated carbocycles. The predicted molar refractivity (Wildman–Crippen MR) is 83.4 cm³/mol. The molecule has 1 heterocycles. The number of nitrogens with zero attached hydrogens (tertiary/aromatic N) is 2. The Labute approximate surface area is 128 Å². The second-order valence-corrected chi connectivity index (χ2v) is 7.87. The Morgan fingerprint density at radius 1 is 1.25 bits per heavy atom. The Hall–Kier alpha value is -0.630. The van der Waals surface area contributed by atoms with Gasteiger partial charge in [0.25, 0.3) is 0 Å². The number of piperazine rings is 1. The second-order valence-electron chi connectivity index (χ2n) is 5.04. The molecule has 0 spiro atoms. The summed E-state index contributed by atoms with van der Waals surface area (Å²) in [6.07, 6.45) is 0.748. The van der Waals surface area contributed by atoms with Gasteiger partial charge in [-0.25, -0.2) is 8.42 Å². The molecule has 2 rings (SSSR count). The molecule has 1 aromatic carbocycles. The monoisotopic (exact) mass is 362 g/mol. The zero-order valence-corrected chi connectivity index (χ0v) is 14.0. The number of benzene rings is 1. The normalized spacial score (nSPS) is 19.1. The van der Waals surface area contributed by atoms with Crippen molar-refractivity contribution >= 4 is 31.6 Å². The van der Waals surface area contributed by atoms with Gasteiger partial charge in [0.05, 0.1) is 18.0 Å². The third kappa shape index (κ3) is 3.52.